The van der Waals surface area contributed by atoms with Crippen molar-refractivity contribution in [2.75, 3.05) is 11.9 Å². The Morgan fingerprint density at radius 3 is 2.64 bits per heavy atom. The van der Waals surface area contributed by atoms with Gasteiger partial charge in [0.15, 0.2) is 0 Å². The summed E-state index contributed by atoms with van der Waals surface area (Å²) in [6.45, 7) is 13.4. The van der Waals surface area contributed by atoms with Crippen LogP contribution < -0.4 is 11.1 Å². The lowest BCUT2D eigenvalue weighted by molar-refractivity contribution is 0.0995. The highest BCUT2D eigenvalue weighted by Crippen LogP contribution is 2.33. The molecule has 5 rings (SSSR count). The van der Waals surface area contributed by atoms with Gasteiger partial charge in [-0.1, -0.05) is 12.6 Å². The Morgan fingerprint density at radius 1 is 1.14 bits per heavy atom. The topological polar surface area (TPSA) is 100 Å². The van der Waals surface area contributed by atoms with Gasteiger partial charge >= 0.3 is 0 Å². The van der Waals surface area contributed by atoms with E-state index in [0.29, 0.717) is 18.0 Å². The van der Waals surface area contributed by atoms with Crippen molar-refractivity contribution in [3.05, 3.63) is 82.9 Å². The minimum Gasteiger partial charge on any atom is -0.369 e. The second-order valence-electron chi connectivity index (χ2n) is 10.0. The Hall–Kier alpha value is -3.78. The van der Waals surface area contributed by atoms with Gasteiger partial charge in [-0.15, -0.1) is 0 Å². The van der Waals surface area contributed by atoms with Crippen LogP contribution >= 0.6 is 0 Å². The van der Waals surface area contributed by atoms with Crippen LogP contribution in [0.15, 0.2) is 49.3 Å². The highest BCUT2D eigenvalue weighted by atomic mass is 16.1. The monoisotopic (exact) mass is 483 g/mol. The van der Waals surface area contributed by atoms with Gasteiger partial charge in [-0.3, -0.25) is 14.7 Å². The Morgan fingerprint density at radius 2 is 1.92 bits per heavy atom. The van der Waals surface area contributed by atoms with Crippen LogP contribution in [0.5, 0.6) is 0 Å². The number of nitrogens with two attached hydrogens (primary N) is 1. The minimum absolute atomic E-state index is 0.263. The zero-order valence-electron chi connectivity index (χ0n) is 21.2. The lowest BCUT2D eigenvalue weighted by Crippen LogP contribution is -2.46. The van der Waals surface area contributed by atoms with Crippen molar-refractivity contribution < 1.29 is 4.79 Å². The van der Waals surface area contributed by atoms with E-state index in [0.717, 1.165) is 55.1 Å². The standard InChI is InChI=1S/C28H33N7O/c1-17-9-18(2)11-23(10-17)32-28-31-14-22-15-34(16-26(22)33-28)24-6-8-35(19(3)12-24)20(4)21-5-7-30-25(13-21)27(29)36/h5,7,9-11,13-14,19,24H,4,6,8,12,15-16H2,1-3H3,(H2,29,36)(H,31,32,33)/t19-,24-/m1/s1. The van der Waals surface area contributed by atoms with E-state index in [1.165, 1.54) is 16.7 Å². The molecule has 1 saturated heterocycles. The van der Waals surface area contributed by atoms with Gasteiger partial charge in [0.25, 0.3) is 5.91 Å². The number of piperidine rings is 1. The van der Waals surface area contributed by atoms with Crippen molar-refractivity contribution in [3.8, 4) is 0 Å². The molecular weight excluding hydrogens is 450 g/mol. The van der Waals surface area contributed by atoms with Crippen LogP contribution in [0.4, 0.5) is 11.6 Å². The first-order valence-corrected chi connectivity index (χ1v) is 12.4. The second-order valence-corrected chi connectivity index (χ2v) is 10.0. The average Bonchev–Trinajstić information content (AvgIpc) is 3.26. The van der Waals surface area contributed by atoms with E-state index in [1.54, 1.807) is 12.3 Å². The van der Waals surface area contributed by atoms with Crippen molar-refractivity contribution >= 4 is 23.2 Å². The summed E-state index contributed by atoms with van der Waals surface area (Å²) >= 11 is 0. The Labute approximate surface area is 212 Å². The number of aromatic nitrogens is 3. The molecular formula is C28H33N7O. The summed E-state index contributed by atoms with van der Waals surface area (Å²) in [4.78, 5) is 29.9. The molecule has 1 fully saturated rings. The quantitative estimate of drug-likeness (QED) is 0.543. The number of aryl methyl sites for hydroxylation is 2. The smallest absolute Gasteiger partial charge is 0.267 e. The third-order valence-electron chi connectivity index (χ3n) is 7.22. The summed E-state index contributed by atoms with van der Waals surface area (Å²) in [6.07, 6.45) is 5.64. The largest absolute Gasteiger partial charge is 0.369 e. The number of carbonyl (C=O) groups is 1. The predicted molar refractivity (Wildman–Crippen MR) is 141 cm³/mol. The average molecular weight is 484 g/mol. The van der Waals surface area contributed by atoms with E-state index in [4.69, 9.17) is 10.7 Å². The van der Waals surface area contributed by atoms with E-state index in [-0.39, 0.29) is 5.69 Å². The third-order valence-corrected chi connectivity index (χ3v) is 7.22. The first kappa shape index (κ1) is 23.9. The van der Waals surface area contributed by atoms with Crippen LogP contribution in [0.2, 0.25) is 0 Å². The predicted octanol–water partition coefficient (Wildman–Crippen LogP) is 4.17. The molecule has 0 spiro atoms. The molecule has 0 saturated carbocycles. The molecule has 186 valence electrons. The Balaban J connectivity index is 1.22. The molecule has 36 heavy (non-hydrogen) atoms. The fraction of sp³-hybridized carbons (Fsp3) is 0.357. The van der Waals surface area contributed by atoms with Gasteiger partial charge in [0, 0.05) is 66.6 Å². The maximum absolute atomic E-state index is 11.5. The maximum atomic E-state index is 11.5. The van der Waals surface area contributed by atoms with Crippen LogP contribution in [0.1, 0.15) is 58.2 Å². The van der Waals surface area contributed by atoms with Gasteiger partial charge in [-0.25, -0.2) is 9.97 Å². The van der Waals surface area contributed by atoms with E-state index < -0.39 is 5.91 Å². The number of hydrogen-bond donors (Lipinski definition) is 2. The highest BCUT2D eigenvalue weighted by Gasteiger charge is 2.33. The number of fused-ring (bicyclic) bond motifs is 1. The number of hydrogen-bond acceptors (Lipinski definition) is 7. The van der Waals surface area contributed by atoms with E-state index >= 15 is 0 Å². The van der Waals surface area contributed by atoms with E-state index in [9.17, 15) is 4.79 Å². The number of likely N-dealkylation sites (tertiary alicyclic amines) is 1. The molecule has 4 heterocycles. The molecule has 3 N–H and O–H groups in total. The van der Waals surface area contributed by atoms with Gasteiger partial charge in [0.05, 0.1) is 5.69 Å². The summed E-state index contributed by atoms with van der Waals surface area (Å²) in [6, 6.07) is 10.8. The van der Waals surface area contributed by atoms with E-state index in [2.05, 4.69) is 70.6 Å². The molecule has 1 aromatic carbocycles. The minimum atomic E-state index is -0.527. The highest BCUT2D eigenvalue weighted by molar-refractivity contribution is 5.91. The van der Waals surface area contributed by atoms with Crippen molar-refractivity contribution in [2.45, 2.75) is 58.8 Å². The Bertz CT molecular complexity index is 1300. The van der Waals surface area contributed by atoms with Gasteiger partial charge in [-0.05, 0) is 69.0 Å². The number of primary amides is 1. The van der Waals surface area contributed by atoms with Crippen LogP contribution in [0.3, 0.4) is 0 Å². The number of nitrogens with zero attached hydrogens (tertiary/aromatic N) is 5. The number of pyridine rings is 1. The van der Waals surface area contributed by atoms with Crippen molar-refractivity contribution in [2.24, 2.45) is 5.73 Å². The number of rotatable bonds is 6. The molecule has 0 radical (unpaired) electrons. The van der Waals surface area contributed by atoms with E-state index in [1.807, 2.05) is 12.3 Å². The fourth-order valence-electron chi connectivity index (χ4n) is 5.46. The van der Waals surface area contributed by atoms with Crippen LogP contribution in [-0.2, 0) is 13.1 Å². The normalized spacial score (nSPS) is 19.7. The molecule has 2 aromatic heterocycles. The number of benzene rings is 1. The third kappa shape index (κ3) is 4.95. The van der Waals surface area contributed by atoms with Gasteiger partial charge < -0.3 is 16.0 Å². The molecule has 2 atom stereocenters. The second kappa shape index (κ2) is 9.70. The molecule has 0 aliphatic carbocycles. The molecule has 2 aliphatic heterocycles. The Kier molecular flexibility index (Phi) is 6.45. The molecule has 8 nitrogen and oxygen atoms in total. The molecule has 3 aromatic rings. The number of carbonyl (C=O) groups excluding carboxylic acids is 1. The molecule has 0 unspecified atom stereocenters. The van der Waals surface area contributed by atoms with Crippen molar-refractivity contribution in [1.29, 1.82) is 0 Å². The van der Waals surface area contributed by atoms with Gasteiger partial charge in [0.1, 0.15) is 5.69 Å². The van der Waals surface area contributed by atoms with Crippen LogP contribution in [0.25, 0.3) is 5.70 Å². The maximum Gasteiger partial charge on any atom is 0.267 e. The number of amides is 1. The number of nitrogens with one attached hydrogen (secondary N) is 1. The first-order valence-electron chi connectivity index (χ1n) is 12.4. The summed E-state index contributed by atoms with van der Waals surface area (Å²) in [5.74, 6) is 0.119. The van der Waals surface area contributed by atoms with Crippen LogP contribution in [-0.4, -0.2) is 49.3 Å². The zero-order chi connectivity index (χ0) is 25.4. The van der Waals surface area contributed by atoms with Gasteiger partial charge in [-0.2, -0.15) is 0 Å². The lowest BCUT2D eigenvalue weighted by Gasteiger charge is -2.43. The fourth-order valence-corrected chi connectivity index (χ4v) is 5.46. The van der Waals surface area contributed by atoms with Gasteiger partial charge in [0.2, 0.25) is 5.95 Å². The molecule has 2 aliphatic rings. The van der Waals surface area contributed by atoms with Crippen molar-refractivity contribution in [1.82, 2.24) is 24.8 Å². The summed E-state index contributed by atoms with van der Waals surface area (Å²) in [5, 5.41) is 3.37. The summed E-state index contributed by atoms with van der Waals surface area (Å²) < 4.78 is 0. The summed E-state index contributed by atoms with van der Waals surface area (Å²) in [7, 11) is 0. The molecule has 8 heteroatoms. The van der Waals surface area contributed by atoms with Crippen molar-refractivity contribution in [3.63, 3.8) is 0 Å². The molecule has 1 amide bonds. The summed E-state index contributed by atoms with van der Waals surface area (Å²) in [5.41, 5.74) is 13.2. The zero-order valence-corrected chi connectivity index (χ0v) is 21.2. The number of anilines is 2. The first-order chi connectivity index (χ1) is 17.3. The SMILES string of the molecule is C=C(c1ccnc(C(N)=O)c1)N1CC[C@@H](N2Cc3cnc(Nc4cc(C)cc(C)c4)nc3C2)C[C@H]1C. The lowest BCUT2D eigenvalue weighted by atomic mass is 9.95. The van der Waals surface area contributed by atoms with Crippen LogP contribution in [0, 0.1) is 13.8 Å². The molecule has 0 bridgehead atoms.